The molecule has 98 valence electrons. The molecule has 0 aliphatic rings. The van der Waals surface area contributed by atoms with Crippen LogP contribution in [0.25, 0.3) is 0 Å². The molecule has 8 nitrogen and oxygen atoms in total. The second-order valence-electron chi connectivity index (χ2n) is 3.04. The first-order valence-corrected chi connectivity index (χ1v) is 5.09. The van der Waals surface area contributed by atoms with E-state index in [9.17, 15) is 24.8 Å². The van der Waals surface area contributed by atoms with Gasteiger partial charge in [-0.15, -0.1) is 0 Å². The summed E-state index contributed by atoms with van der Waals surface area (Å²) < 4.78 is 0.212. The van der Waals surface area contributed by atoms with Crippen molar-refractivity contribution in [3.05, 3.63) is 32.3 Å². The molecule has 18 heavy (non-hydrogen) atoms. The van der Waals surface area contributed by atoms with Gasteiger partial charge in [-0.2, -0.15) is 0 Å². The van der Waals surface area contributed by atoms with E-state index in [2.05, 4.69) is 21.2 Å². The number of rotatable bonds is 3. The summed E-state index contributed by atoms with van der Waals surface area (Å²) in [6.07, 6.45) is 0. The van der Waals surface area contributed by atoms with E-state index in [1.54, 1.807) is 0 Å². The number of nitrogens with one attached hydrogen (secondary N) is 1. The second-order valence-corrected chi connectivity index (χ2v) is 3.90. The van der Waals surface area contributed by atoms with E-state index < -0.39 is 28.1 Å². The van der Waals surface area contributed by atoms with Gasteiger partial charge < -0.3 is 21.4 Å². The Labute approximate surface area is 110 Å². The number of nitro benzene ring substituents is 1. The van der Waals surface area contributed by atoms with Gasteiger partial charge >= 0.3 is 5.69 Å². The van der Waals surface area contributed by atoms with Crippen molar-refractivity contribution in [3.8, 4) is 0 Å². The van der Waals surface area contributed by atoms with Crippen LogP contribution in [0.4, 0.5) is 11.4 Å². The number of hydrogen-bond donors (Lipinski definition) is 2. The minimum absolute atomic E-state index is 0. The lowest BCUT2D eigenvalue weighted by atomic mass is 10.1. The number of carbonyl (C=O) groups excluding carboxylic acids is 2. The molecule has 0 unspecified atom stereocenters. The molecule has 1 aromatic carbocycles. The second kappa shape index (κ2) is 6.07. The zero-order chi connectivity index (χ0) is 13.2. The molecule has 1 aromatic rings. The van der Waals surface area contributed by atoms with Crippen LogP contribution >= 0.6 is 15.9 Å². The summed E-state index contributed by atoms with van der Waals surface area (Å²) in [6.45, 7) is 1.15. The van der Waals surface area contributed by atoms with Gasteiger partial charge in [0.05, 0.1) is 16.5 Å². The highest BCUT2D eigenvalue weighted by Gasteiger charge is 2.23. The molecule has 0 atom stereocenters. The number of hydrogen-bond acceptors (Lipinski definition) is 5. The number of halogens is 1. The minimum atomic E-state index is -1.68. The fourth-order valence-electron chi connectivity index (χ4n) is 1.22. The highest BCUT2D eigenvalue weighted by Crippen LogP contribution is 2.35. The van der Waals surface area contributed by atoms with E-state index in [0.29, 0.717) is 0 Å². The lowest BCUT2D eigenvalue weighted by Gasteiger charge is -2.10. The maximum absolute atomic E-state index is 10.9. The Morgan fingerprint density at radius 3 is 2.33 bits per heavy atom. The van der Waals surface area contributed by atoms with Crippen LogP contribution < -0.4 is 16.6 Å². The summed E-state index contributed by atoms with van der Waals surface area (Å²) in [5, 5.41) is 23.8. The number of nitrogens with zero attached hydrogens (tertiary/aromatic N) is 1. The van der Waals surface area contributed by atoms with Crippen LogP contribution in [0.2, 0.25) is 0 Å². The highest BCUT2D eigenvalue weighted by molar-refractivity contribution is 9.10. The largest absolute Gasteiger partial charge is 0.545 e. The first-order chi connectivity index (χ1) is 7.84. The lowest BCUT2D eigenvalue weighted by Crippen LogP contribution is -2.24. The molecular weight excluding hydrogens is 310 g/mol. The summed E-state index contributed by atoms with van der Waals surface area (Å²) >= 11 is 2.99. The van der Waals surface area contributed by atoms with Gasteiger partial charge in [0.25, 0.3) is 0 Å². The Balaban J connectivity index is 0.00000289. The molecule has 0 radical (unpaired) electrons. The SMILES string of the molecule is CC(=O)Nc1c(Br)ccc(C(=O)[O-])c1[N+](=O)[O-].[NH4+]. The molecule has 1 amide bonds. The normalized spacial score (nSPS) is 9.22. The summed E-state index contributed by atoms with van der Waals surface area (Å²) in [5.41, 5.74) is -1.51. The van der Waals surface area contributed by atoms with Gasteiger partial charge in [-0.3, -0.25) is 14.9 Å². The Hall–Kier alpha value is -2.00. The first kappa shape index (κ1) is 16.0. The van der Waals surface area contributed by atoms with E-state index in [0.717, 1.165) is 13.0 Å². The molecule has 0 heterocycles. The van der Waals surface area contributed by atoms with Crippen LogP contribution in [0, 0.1) is 10.1 Å². The van der Waals surface area contributed by atoms with Crippen LogP contribution in [0.5, 0.6) is 0 Å². The van der Waals surface area contributed by atoms with Crippen LogP contribution in [-0.4, -0.2) is 16.8 Å². The predicted octanol–water partition coefficient (Wildman–Crippen LogP) is 1.06. The van der Waals surface area contributed by atoms with Gasteiger partial charge in [-0.05, 0) is 28.1 Å². The quantitative estimate of drug-likeness (QED) is 0.630. The molecule has 1 rings (SSSR count). The van der Waals surface area contributed by atoms with Gasteiger partial charge in [0.1, 0.15) is 5.69 Å². The van der Waals surface area contributed by atoms with E-state index in [-0.39, 0.29) is 16.3 Å². The van der Waals surface area contributed by atoms with Crippen LogP contribution in [0.1, 0.15) is 17.3 Å². The van der Waals surface area contributed by atoms with Crippen molar-refractivity contribution in [2.45, 2.75) is 6.92 Å². The van der Waals surface area contributed by atoms with Crippen molar-refractivity contribution in [2.24, 2.45) is 0 Å². The molecule has 0 saturated carbocycles. The van der Waals surface area contributed by atoms with Crippen molar-refractivity contribution < 1.29 is 19.6 Å². The van der Waals surface area contributed by atoms with E-state index in [1.165, 1.54) is 6.07 Å². The van der Waals surface area contributed by atoms with Gasteiger partial charge in [-0.25, -0.2) is 0 Å². The Bertz CT molecular complexity index is 517. The summed E-state index contributed by atoms with van der Waals surface area (Å²) in [5.74, 6) is -2.24. The number of amides is 1. The summed E-state index contributed by atoms with van der Waals surface area (Å²) in [4.78, 5) is 31.6. The third-order valence-corrected chi connectivity index (χ3v) is 2.49. The average Bonchev–Trinajstić information content (AvgIpc) is 2.19. The standard InChI is InChI=1S/C9H7BrN2O5.H3N/c1-4(13)11-7-6(10)3-2-5(9(14)15)8(7)12(16)17;/h2-3H,1H3,(H,11,13)(H,14,15);1H3. The smallest absolute Gasteiger partial charge is 0.302 e. The van der Waals surface area contributed by atoms with E-state index in [4.69, 9.17) is 0 Å². The van der Waals surface area contributed by atoms with Crippen LogP contribution in [0.3, 0.4) is 0 Å². The number of carboxylic acid groups (broad SMARTS) is 1. The number of carboxylic acids is 1. The minimum Gasteiger partial charge on any atom is -0.545 e. The van der Waals surface area contributed by atoms with Crippen molar-refractivity contribution >= 4 is 39.2 Å². The van der Waals surface area contributed by atoms with Crippen LogP contribution in [0.15, 0.2) is 16.6 Å². The number of aromatic carboxylic acids is 1. The van der Waals surface area contributed by atoms with E-state index in [1.807, 2.05) is 0 Å². The molecular formula is C9H10BrN3O5. The zero-order valence-corrected chi connectivity index (χ0v) is 11.1. The molecule has 0 aliphatic carbocycles. The van der Waals surface area contributed by atoms with Crippen molar-refractivity contribution in [3.63, 3.8) is 0 Å². The fraction of sp³-hybridized carbons (Fsp3) is 0.111. The topological polar surface area (TPSA) is 149 Å². The molecule has 0 bridgehead atoms. The van der Waals surface area contributed by atoms with Gasteiger partial charge in [-0.1, -0.05) is 0 Å². The Kier molecular flexibility index (Phi) is 5.40. The monoisotopic (exact) mass is 319 g/mol. The molecule has 0 spiro atoms. The number of anilines is 1. The van der Waals surface area contributed by atoms with Crippen molar-refractivity contribution in [1.29, 1.82) is 0 Å². The van der Waals surface area contributed by atoms with Crippen molar-refractivity contribution in [1.82, 2.24) is 6.15 Å². The molecule has 5 N–H and O–H groups in total. The number of benzene rings is 1. The Morgan fingerprint density at radius 2 is 1.94 bits per heavy atom. The fourth-order valence-corrected chi connectivity index (χ4v) is 1.63. The number of carbonyl (C=O) groups is 2. The maximum Gasteiger partial charge on any atom is 0.302 e. The maximum atomic E-state index is 10.9. The molecule has 0 aromatic heterocycles. The van der Waals surface area contributed by atoms with Crippen LogP contribution in [-0.2, 0) is 4.79 Å². The third-order valence-electron chi connectivity index (χ3n) is 1.83. The zero-order valence-electron chi connectivity index (χ0n) is 9.52. The Morgan fingerprint density at radius 1 is 1.39 bits per heavy atom. The van der Waals surface area contributed by atoms with Gasteiger partial charge in [0.2, 0.25) is 5.91 Å². The highest BCUT2D eigenvalue weighted by atomic mass is 79.9. The van der Waals surface area contributed by atoms with Gasteiger partial charge in [0.15, 0.2) is 0 Å². The summed E-state index contributed by atoms with van der Waals surface area (Å²) in [6, 6.07) is 2.31. The molecule has 0 aliphatic heterocycles. The molecule has 0 fully saturated rings. The van der Waals surface area contributed by atoms with Crippen molar-refractivity contribution in [2.75, 3.05) is 5.32 Å². The first-order valence-electron chi connectivity index (χ1n) is 4.30. The molecule has 9 heteroatoms. The number of quaternary nitrogens is 1. The predicted molar refractivity (Wildman–Crippen MR) is 65.4 cm³/mol. The van der Waals surface area contributed by atoms with E-state index >= 15 is 0 Å². The van der Waals surface area contributed by atoms with Gasteiger partial charge in [0, 0.05) is 11.4 Å². The third kappa shape index (κ3) is 3.25. The summed E-state index contributed by atoms with van der Waals surface area (Å²) in [7, 11) is 0. The molecule has 0 saturated heterocycles. The number of nitro groups is 1. The average molecular weight is 320 g/mol. The lowest BCUT2D eigenvalue weighted by molar-refractivity contribution is -0.385.